The smallest absolute Gasteiger partial charge is 0.122 e. The number of aromatic nitrogens is 1. The predicted molar refractivity (Wildman–Crippen MR) is 80.0 cm³/mol. The third kappa shape index (κ3) is 2.54. The van der Waals surface area contributed by atoms with Gasteiger partial charge >= 0.3 is 0 Å². The molecule has 0 saturated heterocycles. The molecule has 0 aliphatic carbocycles. The van der Waals surface area contributed by atoms with Gasteiger partial charge < -0.3 is 10.5 Å². The molecule has 3 nitrogen and oxygen atoms in total. The molecule has 2 heterocycles. The van der Waals surface area contributed by atoms with Crippen molar-refractivity contribution in [2.24, 2.45) is 5.73 Å². The molecule has 2 unspecified atom stereocenters. The second-order valence-corrected chi connectivity index (χ2v) is 5.33. The largest absolute Gasteiger partial charge is 0.493 e. The minimum atomic E-state index is 0.0404. The molecule has 0 spiro atoms. The SMILES string of the molecule is CCc1ccc(CC(N)C2COc3ccccc32)nc1. The van der Waals surface area contributed by atoms with Gasteiger partial charge in [-0.3, -0.25) is 4.98 Å². The summed E-state index contributed by atoms with van der Waals surface area (Å²) >= 11 is 0. The Morgan fingerprint density at radius 3 is 2.90 bits per heavy atom. The summed E-state index contributed by atoms with van der Waals surface area (Å²) in [6.45, 7) is 2.81. The van der Waals surface area contributed by atoms with Crippen LogP contribution in [0.25, 0.3) is 0 Å². The minimum absolute atomic E-state index is 0.0404. The number of benzene rings is 1. The van der Waals surface area contributed by atoms with E-state index < -0.39 is 0 Å². The van der Waals surface area contributed by atoms with Gasteiger partial charge in [-0.05, 0) is 24.1 Å². The molecule has 1 aromatic carbocycles. The van der Waals surface area contributed by atoms with Crippen molar-refractivity contribution in [3.8, 4) is 5.75 Å². The zero-order valence-corrected chi connectivity index (χ0v) is 11.8. The van der Waals surface area contributed by atoms with Crippen LogP contribution in [0.3, 0.4) is 0 Å². The number of hydrogen-bond donors (Lipinski definition) is 1. The predicted octanol–water partition coefficient (Wildman–Crippen LogP) is 2.69. The molecule has 0 bridgehead atoms. The van der Waals surface area contributed by atoms with Crippen LogP contribution in [-0.2, 0) is 12.8 Å². The number of nitrogens with two attached hydrogens (primary N) is 1. The molecule has 1 aliphatic rings. The van der Waals surface area contributed by atoms with E-state index >= 15 is 0 Å². The Morgan fingerprint density at radius 2 is 2.15 bits per heavy atom. The lowest BCUT2D eigenvalue weighted by Crippen LogP contribution is -2.32. The van der Waals surface area contributed by atoms with Gasteiger partial charge in [-0.2, -0.15) is 0 Å². The summed E-state index contributed by atoms with van der Waals surface area (Å²) in [5.74, 6) is 1.24. The quantitative estimate of drug-likeness (QED) is 0.927. The Kier molecular flexibility index (Phi) is 3.70. The van der Waals surface area contributed by atoms with Crippen LogP contribution in [0.4, 0.5) is 0 Å². The number of para-hydroxylation sites is 1. The van der Waals surface area contributed by atoms with Gasteiger partial charge in [0.15, 0.2) is 0 Å². The lowest BCUT2D eigenvalue weighted by molar-refractivity contribution is 0.313. The number of ether oxygens (including phenoxy) is 1. The summed E-state index contributed by atoms with van der Waals surface area (Å²) in [4.78, 5) is 4.50. The van der Waals surface area contributed by atoms with Crippen molar-refractivity contribution in [3.05, 3.63) is 59.4 Å². The van der Waals surface area contributed by atoms with E-state index in [-0.39, 0.29) is 12.0 Å². The van der Waals surface area contributed by atoms with Crippen LogP contribution >= 0.6 is 0 Å². The molecule has 2 aromatic rings. The molecule has 3 rings (SSSR count). The zero-order chi connectivity index (χ0) is 13.9. The zero-order valence-electron chi connectivity index (χ0n) is 11.8. The molecule has 104 valence electrons. The first-order valence-corrected chi connectivity index (χ1v) is 7.19. The van der Waals surface area contributed by atoms with Crippen molar-refractivity contribution in [2.45, 2.75) is 31.7 Å². The Bertz CT molecular complexity index is 580. The van der Waals surface area contributed by atoms with Gasteiger partial charge in [0.2, 0.25) is 0 Å². The molecular formula is C17H20N2O. The summed E-state index contributed by atoms with van der Waals surface area (Å²) in [5.41, 5.74) is 9.92. The third-order valence-corrected chi connectivity index (χ3v) is 3.99. The molecular weight excluding hydrogens is 248 g/mol. The Hall–Kier alpha value is -1.87. The van der Waals surface area contributed by atoms with E-state index in [2.05, 4.69) is 30.1 Å². The van der Waals surface area contributed by atoms with Crippen molar-refractivity contribution in [2.75, 3.05) is 6.61 Å². The van der Waals surface area contributed by atoms with Crippen molar-refractivity contribution in [3.63, 3.8) is 0 Å². The monoisotopic (exact) mass is 268 g/mol. The molecule has 1 aromatic heterocycles. The second kappa shape index (κ2) is 5.63. The summed E-state index contributed by atoms with van der Waals surface area (Å²) < 4.78 is 5.71. The van der Waals surface area contributed by atoms with E-state index in [1.54, 1.807) is 0 Å². The molecule has 3 heteroatoms. The number of pyridine rings is 1. The topological polar surface area (TPSA) is 48.1 Å². The van der Waals surface area contributed by atoms with Crippen LogP contribution in [0.1, 0.15) is 29.7 Å². The maximum atomic E-state index is 6.38. The second-order valence-electron chi connectivity index (χ2n) is 5.33. The average molecular weight is 268 g/mol. The first-order chi connectivity index (χ1) is 9.78. The molecule has 0 saturated carbocycles. The number of aryl methyl sites for hydroxylation is 1. The molecule has 2 atom stereocenters. The molecule has 0 radical (unpaired) electrons. The number of fused-ring (bicyclic) bond motifs is 1. The van der Waals surface area contributed by atoms with E-state index in [4.69, 9.17) is 10.5 Å². The molecule has 1 aliphatic heterocycles. The van der Waals surface area contributed by atoms with E-state index in [1.807, 2.05) is 24.4 Å². The number of hydrogen-bond acceptors (Lipinski definition) is 3. The van der Waals surface area contributed by atoms with Crippen LogP contribution < -0.4 is 10.5 Å². The van der Waals surface area contributed by atoms with Crippen molar-refractivity contribution in [1.82, 2.24) is 4.98 Å². The third-order valence-electron chi connectivity index (χ3n) is 3.99. The number of nitrogens with zero attached hydrogens (tertiary/aromatic N) is 1. The van der Waals surface area contributed by atoms with Gasteiger partial charge in [0.25, 0.3) is 0 Å². The fraction of sp³-hybridized carbons (Fsp3) is 0.353. The maximum absolute atomic E-state index is 6.38. The maximum Gasteiger partial charge on any atom is 0.122 e. The lowest BCUT2D eigenvalue weighted by Gasteiger charge is -2.18. The normalized spacial score (nSPS) is 18.4. The van der Waals surface area contributed by atoms with Gasteiger partial charge in [-0.25, -0.2) is 0 Å². The first kappa shape index (κ1) is 13.1. The Labute approximate surface area is 119 Å². The summed E-state index contributed by atoms with van der Waals surface area (Å²) in [6, 6.07) is 12.4. The molecule has 0 fully saturated rings. The summed E-state index contributed by atoms with van der Waals surface area (Å²) in [5, 5.41) is 0. The molecule has 20 heavy (non-hydrogen) atoms. The van der Waals surface area contributed by atoms with Crippen LogP contribution in [0, 0.1) is 0 Å². The highest BCUT2D eigenvalue weighted by molar-refractivity contribution is 5.40. The van der Waals surface area contributed by atoms with Gasteiger partial charge in [-0.1, -0.05) is 31.2 Å². The van der Waals surface area contributed by atoms with Crippen molar-refractivity contribution >= 4 is 0 Å². The minimum Gasteiger partial charge on any atom is -0.493 e. The van der Waals surface area contributed by atoms with Gasteiger partial charge in [-0.15, -0.1) is 0 Å². The lowest BCUT2D eigenvalue weighted by atomic mass is 9.91. The standard InChI is InChI=1S/C17H20N2O/c1-2-12-7-8-13(19-10-12)9-16(18)15-11-20-17-6-4-3-5-14(15)17/h3-8,10,15-16H,2,9,11,18H2,1H3. The Balaban J connectivity index is 1.72. The van der Waals surface area contributed by atoms with Gasteiger partial charge in [0.1, 0.15) is 5.75 Å². The summed E-state index contributed by atoms with van der Waals surface area (Å²) in [6.07, 6.45) is 3.75. The highest BCUT2D eigenvalue weighted by Crippen LogP contribution is 2.35. The van der Waals surface area contributed by atoms with Crippen molar-refractivity contribution < 1.29 is 4.74 Å². The Morgan fingerprint density at radius 1 is 1.30 bits per heavy atom. The van der Waals surface area contributed by atoms with Gasteiger partial charge in [0, 0.05) is 35.8 Å². The van der Waals surface area contributed by atoms with E-state index in [0.717, 1.165) is 24.3 Å². The highest BCUT2D eigenvalue weighted by Gasteiger charge is 2.29. The average Bonchev–Trinajstić information content (AvgIpc) is 2.92. The van der Waals surface area contributed by atoms with Gasteiger partial charge in [0.05, 0.1) is 6.61 Å². The first-order valence-electron chi connectivity index (χ1n) is 7.19. The van der Waals surface area contributed by atoms with Crippen LogP contribution in [0.15, 0.2) is 42.6 Å². The van der Waals surface area contributed by atoms with E-state index in [0.29, 0.717) is 6.61 Å². The van der Waals surface area contributed by atoms with Crippen LogP contribution in [0.2, 0.25) is 0 Å². The highest BCUT2D eigenvalue weighted by atomic mass is 16.5. The van der Waals surface area contributed by atoms with Crippen LogP contribution in [0.5, 0.6) is 5.75 Å². The summed E-state index contributed by atoms with van der Waals surface area (Å²) in [7, 11) is 0. The van der Waals surface area contributed by atoms with Crippen LogP contribution in [-0.4, -0.2) is 17.6 Å². The number of rotatable bonds is 4. The van der Waals surface area contributed by atoms with Crippen molar-refractivity contribution in [1.29, 1.82) is 0 Å². The fourth-order valence-electron chi connectivity index (χ4n) is 2.71. The van der Waals surface area contributed by atoms with E-state index in [1.165, 1.54) is 11.1 Å². The fourth-order valence-corrected chi connectivity index (χ4v) is 2.71. The molecule has 0 amide bonds. The molecule has 2 N–H and O–H groups in total. The van der Waals surface area contributed by atoms with E-state index in [9.17, 15) is 0 Å².